The van der Waals surface area contributed by atoms with Crippen LogP contribution in [-0.2, 0) is 10.0 Å². The first-order chi connectivity index (χ1) is 13.0. The lowest BCUT2D eigenvalue weighted by atomic mass is 10.1. The molecule has 3 aromatic rings. The van der Waals surface area contributed by atoms with E-state index in [0.717, 1.165) is 54.0 Å². The summed E-state index contributed by atoms with van der Waals surface area (Å²) in [6.07, 6.45) is 0. The first-order valence-electron chi connectivity index (χ1n) is 8.41. The minimum atomic E-state index is -3.77. The number of thiophene rings is 1. The minimum Gasteiger partial charge on any atom is -0.368 e. The second kappa shape index (κ2) is 7.48. The molecule has 2 N–H and O–H groups in total. The lowest BCUT2D eigenvalue weighted by molar-refractivity contribution is 0.590. The van der Waals surface area contributed by atoms with Crippen molar-refractivity contribution < 1.29 is 8.42 Å². The van der Waals surface area contributed by atoms with Gasteiger partial charge < -0.3 is 10.2 Å². The summed E-state index contributed by atoms with van der Waals surface area (Å²) in [6.45, 7) is 3.70. The number of benzene rings is 2. The number of halogens is 2. The summed E-state index contributed by atoms with van der Waals surface area (Å²) in [5.41, 5.74) is 1.64. The molecule has 142 valence electrons. The lowest BCUT2D eigenvalue weighted by Gasteiger charge is -2.30. The monoisotopic (exact) mass is 441 g/mol. The molecule has 0 atom stereocenters. The highest BCUT2D eigenvalue weighted by Gasteiger charge is 2.21. The number of fused-ring (bicyclic) bond motifs is 1. The van der Waals surface area contributed by atoms with Gasteiger partial charge in [-0.25, -0.2) is 8.42 Å². The number of hydrogen-bond acceptors (Lipinski definition) is 5. The molecule has 2 aromatic carbocycles. The zero-order valence-corrected chi connectivity index (χ0v) is 17.4. The van der Waals surface area contributed by atoms with E-state index in [2.05, 4.69) is 14.9 Å². The molecule has 0 bridgehead atoms. The SMILES string of the molecule is O=S(=O)(Nc1ccc(N2CCNCC2)c2ccccc12)c1cc(Cl)c(Cl)s1. The van der Waals surface area contributed by atoms with E-state index in [1.54, 1.807) is 0 Å². The van der Waals surface area contributed by atoms with Crippen LogP contribution in [0.25, 0.3) is 10.8 Å². The number of piperazine rings is 1. The van der Waals surface area contributed by atoms with Crippen molar-refractivity contribution in [1.82, 2.24) is 5.32 Å². The van der Waals surface area contributed by atoms with Crippen molar-refractivity contribution in [3.8, 4) is 0 Å². The summed E-state index contributed by atoms with van der Waals surface area (Å²) in [5, 5.41) is 5.45. The van der Waals surface area contributed by atoms with Crippen LogP contribution in [0.1, 0.15) is 0 Å². The van der Waals surface area contributed by atoms with Gasteiger partial charge in [0, 0.05) is 42.6 Å². The predicted molar refractivity (Wildman–Crippen MR) is 114 cm³/mol. The molecule has 0 amide bonds. The number of nitrogens with zero attached hydrogens (tertiary/aromatic N) is 1. The van der Waals surface area contributed by atoms with Crippen LogP contribution in [0, 0.1) is 0 Å². The summed E-state index contributed by atoms with van der Waals surface area (Å²) in [4.78, 5) is 2.32. The Kier molecular flexibility index (Phi) is 5.22. The van der Waals surface area contributed by atoms with Crippen LogP contribution < -0.4 is 14.9 Å². The van der Waals surface area contributed by atoms with Gasteiger partial charge >= 0.3 is 0 Å². The molecule has 1 saturated heterocycles. The fraction of sp³-hybridized carbons (Fsp3) is 0.222. The number of anilines is 2. The van der Waals surface area contributed by atoms with Gasteiger partial charge in [0.25, 0.3) is 10.0 Å². The van der Waals surface area contributed by atoms with E-state index in [1.165, 1.54) is 6.07 Å². The Morgan fingerprint density at radius 2 is 1.74 bits per heavy atom. The lowest BCUT2D eigenvalue weighted by Crippen LogP contribution is -2.43. The Balaban J connectivity index is 1.74. The van der Waals surface area contributed by atoms with E-state index in [9.17, 15) is 8.42 Å². The molecule has 0 spiro atoms. The van der Waals surface area contributed by atoms with Crippen LogP contribution in [0.4, 0.5) is 11.4 Å². The molecule has 9 heteroatoms. The molecule has 0 aliphatic carbocycles. The maximum atomic E-state index is 12.8. The largest absolute Gasteiger partial charge is 0.368 e. The Morgan fingerprint density at radius 3 is 2.41 bits per heavy atom. The van der Waals surface area contributed by atoms with Crippen LogP contribution in [-0.4, -0.2) is 34.6 Å². The highest BCUT2D eigenvalue weighted by atomic mass is 35.5. The van der Waals surface area contributed by atoms with E-state index >= 15 is 0 Å². The summed E-state index contributed by atoms with van der Waals surface area (Å²) in [6, 6.07) is 13.0. The van der Waals surface area contributed by atoms with Crippen LogP contribution >= 0.6 is 34.5 Å². The Bertz CT molecular complexity index is 1070. The van der Waals surface area contributed by atoms with E-state index in [4.69, 9.17) is 23.2 Å². The normalized spacial score (nSPS) is 15.3. The van der Waals surface area contributed by atoms with Gasteiger partial charge in [-0.1, -0.05) is 47.5 Å². The molecule has 1 fully saturated rings. The zero-order valence-electron chi connectivity index (χ0n) is 14.2. The molecular formula is C18H17Cl2N3O2S2. The van der Waals surface area contributed by atoms with Crippen molar-refractivity contribution in [2.75, 3.05) is 35.8 Å². The van der Waals surface area contributed by atoms with Crippen LogP contribution in [0.5, 0.6) is 0 Å². The number of nitrogens with one attached hydrogen (secondary N) is 2. The van der Waals surface area contributed by atoms with Gasteiger partial charge in [-0.05, 0) is 18.2 Å². The van der Waals surface area contributed by atoms with Crippen molar-refractivity contribution in [2.45, 2.75) is 4.21 Å². The highest BCUT2D eigenvalue weighted by molar-refractivity contribution is 7.94. The van der Waals surface area contributed by atoms with Gasteiger partial charge in [-0.15, -0.1) is 11.3 Å². The molecule has 27 heavy (non-hydrogen) atoms. The standard InChI is InChI=1S/C18H17Cl2N3O2S2/c19-14-11-17(26-18(14)20)27(24,25)22-15-5-6-16(23-9-7-21-8-10-23)13-4-2-1-3-12(13)15/h1-6,11,21-22H,7-10H2. The van der Waals surface area contributed by atoms with E-state index in [0.29, 0.717) is 5.69 Å². The fourth-order valence-corrected chi connectivity index (χ4v) is 6.17. The van der Waals surface area contributed by atoms with Crippen molar-refractivity contribution in [2.24, 2.45) is 0 Å². The van der Waals surface area contributed by atoms with Crippen molar-refractivity contribution in [3.05, 3.63) is 51.8 Å². The molecule has 0 saturated carbocycles. The van der Waals surface area contributed by atoms with Crippen LogP contribution in [0.2, 0.25) is 9.36 Å². The number of hydrogen-bond donors (Lipinski definition) is 2. The second-order valence-electron chi connectivity index (χ2n) is 6.21. The zero-order chi connectivity index (χ0) is 19.0. The van der Waals surface area contributed by atoms with Gasteiger partial charge in [0.05, 0.1) is 10.7 Å². The third kappa shape index (κ3) is 3.75. The maximum Gasteiger partial charge on any atom is 0.271 e. The van der Waals surface area contributed by atoms with E-state index < -0.39 is 10.0 Å². The first-order valence-corrected chi connectivity index (χ1v) is 11.5. The molecule has 1 aliphatic rings. The molecule has 5 nitrogen and oxygen atoms in total. The second-order valence-corrected chi connectivity index (χ2v) is 10.2. The van der Waals surface area contributed by atoms with Crippen molar-refractivity contribution in [3.63, 3.8) is 0 Å². The molecule has 0 unspecified atom stereocenters. The molecule has 1 aliphatic heterocycles. The third-order valence-electron chi connectivity index (χ3n) is 4.49. The average Bonchev–Trinajstić information content (AvgIpc) is 3.02. The maximum absolute atomic E-state index is 12.8. The number of rotatable bonds is 4. The van der Waals surface area contributed by atoms with Crippen molar-refractivity contribution in [1.29, 1.82) is 0 Å². The number of sulfonamides is 1. The first kappa shape index (κ1) is 18.8. The summed E-state index contributed by atoms with van der Waals surface area (Å²) < 4.78 is 28.6. The van der Waals surface area contributed by atoms with E-state index in [-0.39, 0.29) is 13.6 Å². The molecule has 0 radical (unpaired) electrons. The smallest absolute Gasteiger partial charge is 0.271 e. The van der Waals surface area contributed by atoms with Gasteiger partial charge in [0.2, 0.25) is 0 Å². The highest BCUT2D eigenvalue weighted by Crippen LogP contribution is 2.37. The van der Waals surface area contributed by atoms with Crippen molar-refractivity contribution >= 4 is 66.7 Å². The summed E-state index contributed by atoms with van der Waals surface area (Å²) in [7, 11) is -3.77. The summed E-state index contributed by atoms with van der Waals surface area (Å²) in [5.74, 6) is 0. The fourth-order valence-electron chi connectivity index (χ4n) is 3.21. The Labute approximate surface area is 171 Å². The van der Waals surface area contributed by atoms with Gasteiger partial charge in [-0.2, -0.15) is 0 Å². The summed E-state index contributed by atoms with van der Waals surface area (Å²) >= 11 is 12.8. The van der Waals surface area contributed by atoms with E-state index in [1.807, 2.05) is 36.4 Å². The topological polar surface area (TPSA) is 61.4 Å². The van der Waals surface area contributed by atoms with Gasteiger partial charge in [0.1, 0.15) is 8.55 Å². The molecular weight excluding hydrogens is 425 g/mol. The predicted octanol–water partition coefficient (Wildman–Crippen LogP) is 4.42. The van der Waals surface area contributed by atoms with Crippen LogP contribution in [0.3, 0.4) is 0 Å². The third-order valence-corrected chi connectivity index (χ3v) is 8.20. The molecule has 4 rings (SSSR count). The Hall–Kier alpha value is -1.51. The van der Waals surface area contributed by atoms with Crippen LogP contribution in [0.15, 0.2) is 46.7 Å². The Morgan fingerprint density at radius 1 is 1.04 bits per heavy atom. The van der Waals surface area contributed by atoms with Gasteiger partial charge in [0.15, 0.2) is 0 Å². The molecule has 1 aromatic heterocycles. The quantitative estimate of drug-likeness (QED) is 0.628. The minimum absolute atomic E-state index is 0.0905. The van der Waals surface area contributed by atoms with Gasteiger partial charge in [-0.3, -0.25) is 4.72 Å². The molecule has 2 heterocycles. The average molecular weight is 442 g/mol.